The molecule has 0 spiro atoms. The Bertz CT molecular complexity index is 783. The summed E-state index contributed by atoms with van der Waals surface area (Å²) >= 11 is 0. The van der Waals surface area contributed by atoms with Crippen LogP contribution < -0.4 is 14.4 Å². The lowest BCUT2D eigenvalue weighted by Gasteiger charge is -2.16. The molecule has 1 heterocycles. The molecule has 5 heteroatoms. The van der Waals surface area contributed by atoms with Crippen molar-refractivity contribution in [3.05, 3.63) is 53.6 Å². The number of Topliss-reactive ketones (excluding diaryl/α,β-unsaturated/α-hetero) is 1. The van der Waals surface area contributed by atoms with Gasteiger partial charge >= 0.3 is 0 Å². The fourth-order valence-corrected chi connectivity index (χ4v) is 2.87. The van der Waals surface area contributed by atoms with Crippen molar-refractivity contribution in [3.63, 3.8) is 0 Å². The summed E-state index contributed by atoms with van der Waals surface area (Å²) in [6.45, 7) is 2.99. The predicted octanol–water partition coefficient (Wildman–Crippen LogP) is 3.39. The number of hydrogen-bond donors (Lipinski definition) is 0. The van der Waals surface area contributed by atoms with Crippen LogP contribution in [0, 0.1) is 6.92 Å². The summed E-state index contributed by atoms with van der Waals surface area (Å²) in [6.07, 6.45) is 1.56. The first-order chi connectivity index (χ1) is 12.1. The number of unbranched alkanes of at least 4 members (excludes halogenated alkanes) is 1. The van der Waals surface area contributed by atoms with Crippen molar-refractivity contribution >= 4 is 17.4 Å². The number of methoxy groups -OCH3 is 1. The molecule has 0 aromatic heterocycles. The van der Waals surface area contributed by atoms with Gasteiger partial charge in [-0.25, -0.2) is 0 Å². The fourth-order valence-electron chi connectivity index (χ4n) is 2.87. The number of carbonyl (C=O) groups excluding carboxylic acids is 2. The highest BCUT2D eigenvalue weighted by molar-refractivity contribution is 6.52. The van der Waals surface area contributed by atoms with Gasteiger partial charge in [-0.05, 0) is 56.2 Å². The summed E-state index contributed by atoms with van der Waals surface area (Å²) in [6, 6.07) is 13.0. The molecule has 130 valence electrons. The molecule has 3 rings (SSSR count). The molecule has 0 bridgehead atoms. The van der Waals surface area contributed by atoms with E-state index in [0.717, 1.165) is 35.6 Å². The number of ketones is 1. The van der Waals surface area contributed by atoms with E-state index in [2.05, 4.69) is 0 Å². The second-order valence-electron chi connectivity index (χ2n) is 6.04. The van der Waals surface area contributed by atoms with Crippen LogP contribution in [0.5, 0.6) is 11.5 Å². The van der Waals surface area contributed by atoms with Crippen molar-refractivity contribution < 1.29 is 19.1 Å². The van der Waals surface area contributed by atoms with E-state index in [9.17, 15) is 9.59 Å². The molecule has 2 aromatic carbocycles. The summed E-state index contributed by atoms with van der Waals surface area (Å²) in [4.78, 5) is 25.8. The van der Waals surface area contributed by atoms with E-state index in [1.165, 1.54) is 0 Å². The Morgan fingerprint density at radius 3 is 2.40 bits per heavy atom. The van der Waals surface area contributed by atoms with Crippen molar-refractivity contribution in [2.75, 3.05) is 25.2 Å². The van der Waals surface area contributed by atoms with Gasteiger partial charge in [-0.15, -0.1) is 0 Å². The third-order valence-electron chi connectivity index (χ3n) is 4.23. The van der Waals surface area contributed by atoms with Crippen LogP contribution in [-0.2, 0) is 4.79 Å². The molecule has 0 unspecified atom stereocenters. The molecule has 5 nitrogen and oxygen atoms in total. The third-order valence-corrected chi connectivity index (χ3v) is 4.23. The van der Waals surface area contributed by atoms with Crippen LogP contribution in [0.3, 0.4) is 0 Å². The van der Waals surface area contributed by atoms with Gasteiger partial charge in [0.2, 0.25) is 0 Å². The van der Waals surface area contributed by atoms with Crippen LogP contribution in [0.25, 0.3) is 0 Å². The smallest absolute Gasteiger partial charge is 0.299 e. The Morgan fingerprint density at radius 1 is 0.960 bits per heavy atom. The standard InChI is InChI=1S/C20H21NO4/c1-14-5-10-18-17(13-14)19(22)20(23)21(18)11-3-4-12-25-16-8-6-15(24-2)7-9-16/h5-10,13H,3-4,11-12H2,1-2H3. The van der Waals surface area contributed by atoms with E-state index >= 15 is 0 Å². The zero-order valence-electron chi connectivity index (χ0n) is 14.5. The minimum Gasteiger partial charge on any atom is -0.497 e. The second-order valence-corrected chi connectivity index (χ2v) is 6.04. The van der Waals surface area contributed by atoms with Gasteiger partial charge < -0.3 is 14.4 Å². The van der Waals surface area contributed by atoms with Crippen LogP contribution in [0.4, 0.5) is 5.69 Å². The van der Waals surface area contributed by atoms with Crippen molar-refractivity contribution in [2.24, 2.45) is 0 Å². The predicted molar refractivity (Wildman–Crippen MR) is 95.6 cm³/mol. The summed E-state index contributed by atoms with van der Waals surface area (Å²) in [5, 5.41) is 0. The first-order valence-corrected chi connectivity index (χ1v) is 8.34. The number of amides is 1. The SMILES string of the molecule is COc1ccc(OCCCCN2C(=O)C(=O)c3cc(C)ccc32)cc1. The molecule has 0 radical (unpaired) electrons. The average Bonchev–Trinajstić information content (AvgIpc) is 2.86. The number of anilines is 1. The van der Waals surface area contributed by atoms with E-state index in [-0.39, 0.29) is 0 Å². The normalized spacial score (nSPS) is 13.1. The van der Waals surface area contributed by atoms with Crippen molar-refractivity contribution in [2.45, 2.75) is 19.8 Å². The first kappa shape index (κ1) is 17.0. The number of ether oxygens (including phenoxy) is 2. The Kier molecular flexibility index (Phi) is 5.03. The van der Waals surface area contributed by atoms with Crippen LogP contribution in [0.1, 0.15) is 28.8 Å². The lowest BCUT2D eigenvalue weighted by molar-refractivity contribution is -0.114. The number of aryl methyl sites for hydroxylation is 1. The first-order valence-electron chi connectivity index (χ1n) is 8.34. The van der Waals surface area contributed by atoms with Crippen LogP contribution in [0.2, 0.25) is 0 Å². The number of benzene rings is 2. The van der Waals surface area contributed by atoms with Gasteiger partial charge in [-0.3, -0.25) is 9.59 Å². The molecule has 0 aliphatic carbocycles. The van der Waals surface area contributed by atoms with Crippen molar-refractivity contribution in [1.82, 2.24) is 0 Å². The molecule has 0 atom stereocenters. The minimum atomic E-state index is -0.434. The Hall–Kier alpha value is -2.82. The summed E-state index contributed by atoms with van der Waals surface area (Å²) in [7, 11) is 1.62. The molecule has 0 saturated carbocycles. The largest absolute Gasteiger partial charge is 0.497 e. The Morgan fingerprint density at radius 2 is 1.68 bits per heavy atom. The Balaban J connectivity index is 1.49. The summed E-state index contributed by atoms with van der Waals surface area (Å²) in [5.41, 5.74) is 2.21. The van der Waals surface area contributed by atoms with Crippen molar-refractivity contribution in [1.29, 1.82) is 0 Å². The van der Waals surface area contributed by atoms with E-state index in [1.54, 1.807) is 18.1 Å². The fraction of sp³-hybridized carbons (Fsp3) is 0.300. The molecule has 0 fully saturated rings. The number of carbonyl (C=O) groups is 2. The van der Waals surface area contributed by atoms with Crippen LogP contribution >= 0.6 is 0 Å². The van der Waals surface area contributed by atoms with Gasteiger partial charge in [0.15, 0.2) is 0 Å². The maximum absolute atomic E-state index is 12.2. The number of fused-ring (bicyclic) bond motifs is 1. The maximum Gasteiger partial charge on any atom is 0.299 e. The third kappa shape index (κ3) is 3.65. The van der Waals surface area contributed by atoms with Gasteiger partial charge in [0.1, 0.15) is 11.5 Å². The minimum absolute atomic E-state index is 0.409. The molecule has 0 N–H and O–H groups in total. The zero-order chi connectivity index (χ0) is 17.8. The summed E-state index contributed by atoms with van der Waals surface area (Å²) in [5.74, 6) is 0.734. The number of nitrogens with zero attached hydrogens (tertiary/aromatic N) is 1. The lowest BCUT2D eigenvalue weighted by Crippen LogP contribution is -2.30. The highest BCUT2D eigenvalue weighted by atomic mass is 16.5. The molecule has 1 aliphatic heterocycles. The molecule has 2 aromatic rings. The monoisotopic (exact) mass is 339 g/mol. The number of hydrogen-bond acceptors (Lipinski definition) is 4. The van der Waals surface area contributed by atoms with Gasteiger partial charge in [0.05, 0.1) is 25.0 Å². The highest BCUT2D eigenvalue weighted by Gasteiger charge is 2.35. The van der Waals surface area contributed by atoms with Gasteiger partial charge in [0, 0.05) is 6.54 Å². The van der Waals surface area contributed by atoms with Crippen LogP contribution in [-0.4, -0.2) is 32.0 Å². The van der Waals surface area contributed by atoms with E-state index in [0.29, 0.717) is 18.7 Å². The topological polar surface area (TPSA) is 55.8 Å². The van der Waals surface area contributed by atoms with Gasteiger partial charge in [-0.1, -0.05) is 11.6 Å². The quantitative estimate of drug-likeness (QED) is 0.573. The van der Waals surface area contributed by atoms with Gasteiger partial charge in [0.25, 0.3) is 11.7 Å². The molecule has 1 amide bonds. The summed E-state index contributed by atoms with van der Waals surface area (Å²) < 4.78 is 10.8. The van der Waals surface area contributed by atoms with E-state index in [1.807, 2.05) is 43.3 Å². The zero-order valence-corrected chi connectivity index (χ0v) is 14.5. The Labute approximate surface area is 147 Å². The van der Waals surface area contributed by atoms with E-state index in [4.69, 9.17) is 9.47 Å². The van der Waals surface area contributed by atoms with E-state index < -0.39 is 11.7 Å². The molecular formula is C20H21NO4. The molecule has 0 saturated heterocycles. The average molecular weight is 339 g/mol. The molecular weight excluding hydrogens is 318 g/mol. The molecule has 1 aliphatic rings. The van der Waals surface area contributed by atoms with Crippen molar-refractivity contribution in [3.8, 4) is 11.5 Å². The van der Waals surface area contributed by atoms with Crippen LogP contribution in [0.15, 0.2) is 42.5 Å². The lowest BCUT2D eigenvalue weighted by atomic mass is 10.1. The van der Waals surface area contributed by atoms with Gasteiger partial charge in [-0.2, -0.15) is 0 Å². The molecule has 25 heavy (non-hydrogen) atoms. The highest BCUT2D eigenvalue weighted by Crippen LogP contribution is 2.29. The maximum atomic E-state index is 12.2. The number of rotatable bonds is 7. The second kappa shape index (κ2) is 7.38.